The summed E-state index contributed by atoms with van der Waals surface area (Å²) in [5.41, 5.74) is -2.58. The number of nitro groups is 1. The number of alkyl halides is 2. The van der Waals surface area contributed by atoms with Crippen LogP contribution in [0.15, 0.2) is 12.3 Å². The van der Waals surface area contributed by atoms with Crippen molar-refractivity contribution in [3.63, 3.8) is 0 Å². The van der Waals surface area contributed by atoms with Crippen LogP contribution in [0.5, 0.6) is 0 Å². The Balaban J connectivity index is 3.35. The van der Waals surface area contributed by atoms with Gasteiger partial charge in [0.25, 0.3) is 6.43 Å². The third-order valence-electron chi connectivity index (χ3n) is 1.84. The average Bonchev–Trinajstić information content (AvgIpc) is 2.28. The van der Waals surface area contributed by atoms with Gasteiger partial charge in [-0.05, 0) is 13.0 Å². The van der Waals surface area contributed by atoms with Gasteiger partial charge >= 0.3 is 11.7 Å². The number of hydrogen-bond acceptors (Lipinski definition) is 5. The summed E-state index contributed by atoms with van der Waals surface area (Å²) in [5.74, 6) is -1.10. The molecule has 0 radical (unpaired) electrons. The highest BCUT2D eigenvalue weighted by Gasteiger charge is 2.30. The van der Waals surface area contributed by atoms with E-state index in [2.05, 4.69) is 9.72 Å². The molecule has 0 aliphatic carbocycles. The Morgan fingerprint density at radius 2 is 2.29 bits per heavy atom. The average molecular weight is 246 g/mol. The highest BCUT2D eigenvalue weighted by molar-refractivity contribution is 5.92. The number of hydrogen-bond donors (Lipinski definition) is 0. The van der Waals surface area contributed by atoms with Crippen molar-refractivity contribution in [3.05, 3.63) is 33.6 Å². The van der Waals surface area contributed by atoms with Crippen molar-refractivity contribution >= 4 is 11.7 Å². The highest BCUT2D eigenvalue weighted by Crippen LogP contribution is 2.30. The molecule has 0 N–H and O–H groups in total. The van der Waals surface area contributed by atoms with Crippen LogP contribution in [0, 0.1) is 10.1 Å². The van der Waals surface area contributed by atoms with Crippen LogP contribution in [0.25, 0.3) is 0 Å². The van der Waals surface area contributed by atoms with Crippen molar-refractivity contribution in [2.45, 2.75) is 13.3 Å². The van der Waals surface area contributed by atoms with E-state index in [0.29, 0.717) is 0 Å². The normalized spacial score (nSPS) is 10.4. The van der Waals surface area contributed by atoms with Crippen LogP contribution in [0.2, 0.25) is 0 Å². The molecule has 6 nitrogen and oxygen atoms in total. The lowest BCUT2D eigenvalue weighted by atomic mass is 10.2. The molecule has 0 saturated heterocycles. The van der Waals surface area contributed by atoms with Crippen molar-refractivity contribution in [1.29, 1.82) is 0 Å². The Morgan fingerprint density at radius 3 is 2.76 bits per heavy atom. The van der Waals surface area contributed by atoms with E-state index < -0.39 is 34.3 Å². The lowest BCUT2D eigenvalue weighted by Crippen LogP contribution is -2.12. The van der Waals surface area contributed by atoms with Gasteiger partial charge in [0.05, 0.1) is 17.1 Å². The number of ether oxygens (including phenoxy) is 1. The van der Waals surface area contributed by atoms with Gasteiger partial charge < -0.3 is 4.74 Å². The third kappa shape index (κ3) is 2.71. The van der Waals surface area contributed by atoms with Crippen LogP contribution in [0.4, 0.5) is 14.5 Å². The van der Waals surface area contributed by atoms with E-state index in [1.54, 1.807) is 0 Å². The van der Waals surface area contributed by atoms with Gasteiger partial charge in [0.15, 0.2) is 0 Å². The Labute approximate surface area is 94.4 Å². The molecule has 0 spiro atoms. The second-order valence-corrected chi connectivity index (χ2v) is 2.88. The first-order valence-corrected chi connectivity index (χ1v) is 4.57. The van der Waals surface area contributed by atoms with Gasteiger partial charge in [0.1, 0.15) is 0 Å². The number of rotatable bonds is 4. The first kappa shape index (κ1) is 12.9. The zero-order chi connectivity index (χ0) is 13.0. The maximum Gasteiger partial charge on any atom is 0.364 e. The van der Waals surface area contributed by atoms with Crippen LogP contribution >= 0.6 is 0 Å². The number of esters is 1. The van der Waals surface area contributed by atoms with Crippen LogP contribution in [0.1, 0.15) is 29.4 Å². The molecule has 0 bridgehead atoms. The standard InChI is InChI=1S/C9H8F2N2O4/c1-2-17-9(14)6-7(13(15)16)5(8(10)11)3-4-12-6/h3-4,8H,2H2,1H3. The van der Waals surface area contributed by atoms with Crippen LogP contribution < -0.4 is 0 Å². The molecule has 0 amide bonds. The van der Waals surface area contributed by atoms with Crippen LogP contribution in [0.3, 0.4) is 0 Å². The molecule has 0 unspecified atom stereocenters. The first-order valence-electron chi connectivity index (χ1n) is 4.57. The van der Waals surface area contributed by atoms with E-state index >= 15 is 0 Å². The molecule has 17 heavy (non-hydrogen) atoms. The first-order chi connectivity index (χ1) is 7.99. The molecule has 0 atom stereocenters. The van der Waals surface area contributed by atoms with Gasteiger partial charge in [-0.25, -0.2) is 18.6 Å². The predicted octanol–water partition coefficient (Wildman–Crippen LogP) is 2.10. The highest BCUT2D eigenvalue weighted by atomic mass is 19.3. The molecule has 8 heteroatoms. The van der Waals surface area contributed by atoms with Gasteiger partial charge in [0, 0.05) is 6.20 Å². The molecule has 0 fully saturated rings. The Hall–Kier alpha value is -2.12. The van der Waals surface area contributed by atoms with E-state index in [4.69, 9.17) is 0 Å². The lowest BCUT2D eigenvalue weighted by molar-refractivity contribution is -0.386. The quantitative estimate of drug-likeness (QED) is 0.461. The molecule has 1 aromatic heterocycles. The van der Waals surface area contributed by atoms with Crippen molar-refractivity contribution < 1.29 is 23.2 Å². The van der Waals surface area contributed by atoms with Gasteiger partial charge in [-0.15, -0.1) is 0 Å². The predicted molar refractivity (Wildman–Crippen MR) is 51.8 cm³/mol. The second kappa shape index (κ2) is 5.28. The lowest BCUT2D eigenvalue weighted by Gasteiger charge is -2.05. The molecular formula is C9H8F2N2O4. The third-order valence-corrected chi connectivity index (χ3v) is 1.84. The maximum atomic E-state index is 12.5. The minimum atomic E-state index is -3.06. The van der Waals surface area contributed by atoms with Crippen molar-refractivity contribution in [3.8, 4) is 0 Å². The molecule has 92 valence electrons. The Morgan fingerprint density at radius 1 is 1.65 bits per heavy atom. The van der Waals surface area contributed by atoms with Gasteiger partial charge in [-0.3, -0.25) is 10.1 Å². The summed E-state index contributed by atoms with van der Waals surface area (Å²) in [6.45, 7) is 1.46. The summed E-state index contributed by atoms with van der Waals surface area (Å²) in [6.07, 6.45) is -2.16. The van der Waals surface area contributed by atoms with Gasteiger partial charge in [-0.2, -0.15) is 0 Å². The zero-order valence-corrected chi connectivity index (χ0v) is 8.72. The van der Waals surface area contributed by atoms with E-state index in [9.17, 15) is 23.7 Å². The summed E-state index contributed by atoms with van der Waals surface area (Å²) in [6, 6.07) is 0.797. The van der Waals surface area contributed by atoms with Crippen LogP contribution in [-0.4, -0.2) is 22.5 Å². The van der Waals surface area contributed by atoms with Crippen molar-refractivity contribution in [2.75, 3.05) is 6.61 Å². The molecule has 0 aliphatic rings. The van der Waals surface area contributed by atoms with E-state index in [0.717, 1.165) is 12.3 Å². The number of aromatic nitrogens is 1. The summed E-state index contributed by atoms with van der Waals surface area (Å²) in [5, 5.41) is 10.7. The van der Waals surface area contributed by atoms with Gasteiger partial charge in [-0.1, -0.05) is 0 Å². The summed E-state index contributed by atoms with van der Waals surface area (Å²) >= 11 is 0. The summed E-state index contributed by atoms with van der Waals surface area (Å²) < 4.78 is 29.6. The molecule has 1 aromatic rings. The fourth-order valence-corrected chi connectivity index (χ4v) is 1.19. The smallest absolute Gasteiger partial charge is 0.364 e. The molecule has 0 saturated carbocycles. The largest absolute Gasteiger partial charge is 0.461 e. The van der Waals surface area contributed by atoms with E-state index in [1.807, 2.05) is 0 Å². The molecular weight excluding hydrogens is 238 g/mol. The second-order valence-electron chi connectivity index (χ2n) is 2.88. The monoisotopic (exact) mass is 246 g/mol. The SMILES string of the molecule is CCOC(=O)c1nccc(C(F)F)c1[N+](=O)[O-]. The van der Waals surface area contributed by atoms with Gasteiger partial charge in [0.2, 0.25) is 5.69 Å². The number of nitrogens with zero attached hydrogens (tertiary/aromatic N) is 2. The Kier molecular flexibility index (Phi) is 4.02. The van der Waals surface area contributed by atoms with Crippen LogP contribution in [-0.2, 0) is 4.74 Å². The summed E-state index contributed by atoms with van der Waals surface area (Å²) in [4.78, 5) is 24.3. The number of carbonyl (C=O) groups excluding carboxylic acids is 1. The number of pyridine rings is 1. The number of carbonyl (C=O) groups is 1. The maximum absolute atomic E-state index is 12.5. The van der Waals surface area contributed by atoms with E-state index in [1.165, 1.54) is 6.92 Å². The summed E-state index contributed by atoms with van der Waals surface area (Å²) in [7, 11) is 0. The van der Waals surface area contributed by atoms with E-state index in [-0.39, 0.29) is 6.61 Å². The molecule has 1 rings (SSSR count). The molecule has 0 aliphatic heterocycles. The fraction of sp³-hybridized carbons (Fsp3) is 0.333. The van der Waals surface area contributed by atoms with Crippen molar-refractivity contribution in [1.82, 2.24) is 4.98 Å². The number of halogens is 2. The topological polar surface area (TPSA) is 82.3 Å². The minimum absolute atomic E-state index is 0.0312. The molecule has 1 heterocycles. The van der Waals surface area contributed by atoms with Crippen molar-refractivity contribution in [2.24, 2.45) is 0 Å². The Bertz CT molecular complexity index is 451. The molecule has 0 aromatic carbocycles. The fourth-order valence-electron chi connectivity index (χ4n) is 1.19. The zero-order valence-electron chi connectivity index (χ0n) is 8.72. The minimum Gasteiger partial charge on any atom is -0.461 e.